The molecule has 8 nitrogen and oxygen atoms in total. The van der Waals surface area contributed by atoms with E-state index in [1.807, 2.05) is 0 Å². The highest BCUT2D eigenvalue weighted by Gasteiger charge is 2.36. The van der Waals surface area contributed by atoms with Crippen LogP contribution in [0, 0.1) is 11.3 Å². The Labute approximate surface area is 175 Å². The molecule has 0 bridgehead atoms. The number of ether oxygens (including phenoxy) is 1. The van der Waals surface area contributed by atoms with E-state index < -0.39 is 39.6 Å². The SMILES string of the molecule is CC(OC(=O)[C@H](C)NS(=O)(=O)c1ccc(Cl)cc1)C(=O)NC1(C#N)CCCCC1. The van der Waals surface area contributed by atoms with E-state index in [0.717, 1.165) is 19.3 Å². The Morgan fingerprint density at radius 2 is 1.76 bits per heavy atom. The van der Waals surface area contributed by atoms with E-state index in [1.165, 1.54) is 38.1 Å². The first-order valence-electron chi connectivity index (χ1n) is 9.30. The highest BCUT2D eigenvalue weighted by atomic mass is 35.5. The van der Waals surface area contributed by atoms with Crippen LogP contribution in [0.15, 0.2) is 29.2 Å². The van der Waals surface area contributed by atoms with Crippen LogP contribution in [-0.4, -0.2) is 38.0 Å². The summed E-state index contributed by atoms with van der Waals surface area (Å²) in [6, 6.07) is 6.40. The molecule has 0 saturated heterocycles. The quantitative estimate of drug-likeness (QED) is 0.625. The van der Waals surface area contributed by atoms with Crippen molar-refractivity contribution in [3.8, 4) is 6.07 Å². The fraction of sp³-hybridized carbons (Fsp3) is 0.526. The van der Waals surface area contributed by atoms with Gasteiger partial charge in [-0.1, -0.05) is 30.9 Å². The van der Waals surface area contributed by atoms with Crippen LogP contribution < -0.4 is 10.0 Å². The number of carbonyl (C=O) groups excluding carboxylic acids is 2. The summed E-state index contributed by atoms with van der Waals surface area (Å²) >= 11 is 5.75. The zero-order valence-electron chi connectivity index (χ0n) is 16.3. The first kappa shape index (κ1) is 23.1. The molecule has 1 aliphatic carbocycles. The largest absolute Gasteiger partial charge is 0.451 e. The standard InChI is InChI=1S/C19H24ClN3O5S/c1-13(23-29(26,27)16-8-6-15(20)7-9-16)18(25)28-14(2)17(24)22-19(12-21)10-4-3-5-11-19/h6-9,13-14,23H,3-5,10-11H2,1-2H3,(H,22,24)/t13-,14?/m0/s1. The summed E-state index contributed by atoms with van der Waals surface area (Å²) in [4.78, 5) is 24.6. The van der Waals surface area contributed by atoms with Crippen LogP contribution in [0.5, 0.6) is 0 Å². The molecule has 1 saturated carbocycles. The van der Waals surface area contributed by atoms with Crippen molar-refractivity contribution in [2.45, 2.75) is 68.5 Å². The molecule has 1 unspecified atom stereocenters. The summed E-state index contributed by atoms with van der Waals surface area (Å²) < 4.78 is 32.0. The number of nitrogens with zero attached hydrogens (tertiary/aromatic N) is 1. The second-order valence-electron chi connectivity index (χ2n) is 7.12. The molecule has 1 aromatic rings. The van der Waals surface area contributed by atoms with Gasteiger partial charge in [-0.15, -0.1) is 0 Å². The molecule has 0 heterocycles. The van der Waals surface area contributed by atoms with E-state index in [0.29, 0.717) is 17.9 Å². The number of sulfonamides is 1. The van der Waals surface area contributed by atoms with Crippen LogP contribution in [-0.2, 0) is 24.3 Å². The predicted molar refractivity (Wildman–Crippen MR) is 106 cm³/mol. The van der Waals surface area contributed by atoms with Crippen LogP contribution in [0.2, 0.25) is 5.02 Å². The first-order valence-corrected chi connectivity index (χ1v) is 11.2. The van der Waals surface area contributed by atoms with Gasteiger partial charge in [0.1, 0.15) is 11.6 Å². The molecule has 1 aliphatic rings. The topological polar surface area (TPSA) is 125 Å². The lowest BCUT2D eigenvalue weighted by Crippen LogP contribution is -2.52. The van der Waals surface area contributed by atoms with E-state index in [4.69, 9.17) is 16.3 Å². The second kappa shape index (κ2) is 9.57. The number of esters is 1. The van der Waals surface area contributed by atoms with E-state index in [9.17, 15) is 23.3 Å². The number of hydrogen-bond donors (Lipinski definition) is 2. The van der Waals surface area contributed by atoms with Crippen molar-refractivity contribution < 1.29 is 22.7 Å². The van der Waals surface area contributed by atoms with Crippen molar-refractivity contribution in [3.63, 3.8) is 0 Å². The number of nitriles is 1. The van der Waals surface area contributed by atoms with Crippen molar-refractivity contribution in [3.05, 3.63) is 29.3 Å². The van der Waals surface area contributed by atoms with Gasteiger partial charge in [-0.25, -0.2) is 8.42 Å². The predicted octanol–water partition coefficient (Wildman–Crippen LogP) is 2.28. The maximum Gasteiger partial charge on any atom is 0.324 e. The number of halogens is 1. The zero-order chi connectivity index (χ0) is 21.7. The minimum absolute atomic E-state index is 0.0550. The summed E-state index contributed by atoms with van der Waals surface area (Å²) in [5.41, 5.74) is -0.947. The molecule has 10 heteroatoms. The van der Waals surface area contributed by atoms with Gasteiger partial charge >= 0.3 is 5.97 Å². The first-order chi connectivity index (χ1) is 13.6. The summed E-state index contributed by atoms with van der Waals surface area (Å²) in [6.45, 7) is 2.69. The van der Waals surface area contributed by atoms with Crippen molar-refractivity contribution >= 4 is 33.5 Å². The Bertz CT molecular complexity index is 889. The molecule has 2 N–H and O–H groups in total. The minimum atomic E-state index is -3.97. The molecule has 2 rings (SSSR count). The fourth-order valence-electron chi connectivity index (χ4n) is 3.05. The average Bonchev–Trinajstić information content (AvgIpc) is 2.68. The summed E-state index contributed by atoms with van der Waals surface area (Å²) in [6.07, 6.45) is 2.61. The molecule has 0 spiro atoms. The fourth-order valence-corrected chi connectivity index (χ4v) is 4.37. The molecule has 1 fully saturated rings. The molecular weight excluding hydrogens is 418 g/mol. The highest BCUT2D eigenvalue weighted by Crippen LogP contribution is 2.27. The van der Waals surface area contributed by atoms with E-state index in [1.54, 1.807) is 0 Å². The minimum Gasteiger partial charge on any atom is -0.451 e. The van der Waals surface area contributed by atoms with Gasteiger partial charge in [-0.05, 0) is 51.0 Å². The Morgan fingerprint density at radius 3 is 2.31 bits per heavy atom. The Kier molecular flexibility index (Phi) is 7.63. The summed E-state index contributed by atoms with van der Waals surface area (Å²) in [5.74, 6) is -1.49. The van der Waals surface area contributed by atoms with E-state index >= 15 is 0 Å². The van der Waals surface area contributed by atoms with Gasteiger partial charge in [-0.2, -0.15) is 9.98 Å². The Balaban J connectivity index is 1.95. The molecule has 1 amide bonds. The number of carbonyl (C=O) groups is 2. The average molecular weight is 442 g/mol. The maximum atomic E-state index is 12.4. The van der Waals surface area contributed by atoms with Crippen LogP contribution >= 0.6 is 11.6 Å². The Morgan fingerprint density at radius 1 is 1.17 bits per heavy atom. The Hall–Kier alpha value is -2.15. The maximum absolute atomic E-state index is 12.4. The summed E-state index contributed by atoms with van der Waals surface area (Å²) in [5, 5.41) is 12.5. The van der Waals surface area contributed by atoms with Crippen LogP contribution in [0.3, 0.4) is 0 Å². The van der Waals surface area contributed by atoms with Crippen molar-refractivity contribution in [1.29, 1.82) is 5.26 Å². The van der Waals surface area contributed by atoms with Gasteiger partial charge < -0.3 is 10.1 Å². The van der Waals surface area contributed by atoms with Gasteiger partial charge in [0, 0.05) is 5.02 Å². The molecule has 1 aromatic carbocycles. The molecule has 2 atom stereocenters. The normalized spacial score (nSPS) is 18.1. The zero-order valence-corrected chi connectivity index (χ0v) is 17.8. The lowest BCUT2D eigenvalue weighted by atomic mass is 9.83. The lowest BCUT2D eigenvalue weighted by molar-refractivity contribution is -0.156. The molecule has 0 radical (unpaired) electrons. The second-order valence-corrected chi connectivity index (χ2v) is 9.27. The highest BCUT2D eigenvalue weighted by molar-refractivity contribution is 7.89. The smallest absolute Gasteiger partial charge is 0.324 e. The molecule has 0 aliphatic heterocycles. The number of nitrogens with one attached hydrogen (secondary N) is 2. The van der Waals surface area contributed by atoms with E-state index in [2.05, 4.69) is 16.1 Å². The number of amides is 1. The number of rotatable bonds is 7. The lowest BCUT2D eigenvalue weighted by Gasteiger charge is -2.32. The van der Waals surface area contributed by atoms with Crippen LogP contribution in [0.1, 0.15) is 46.0 Å². The van der Waals surface area contributed by atoms with Crippen molar-refractivity contribution in [2.24, 2.45) is 0 Å². The summed E-state index contributed by atoms with van der Waals surface area (Å²) in [7, 11) is -3.97. The molecule has 158 valence electrons. The van der Waals surface area contributed by atoms with Gasteiger partial charge in [0.15, 0.2) is 6.10 Å². The third-order valence-corrected chi connectivity index (χ3v) is 6.56. The number of benzene rings is 1. The number of hydrogen-bond acceptors (Lipinski definition) is 6. The monoisotopic (exact) mass is 441 g/mol. The molecule has 0 aromatic heterocycles. The third kappa shape index (κ3) is 6.16. The molecular formula is C19H24ClN3O5S. The van der Waals surface area contributed by atoms with E-state index in [-0.39, 0.29) is 4.90 Å². The molecule has 29 heavy (non-hydrogen) atoms. The van der Waals surface area contributed by atoms with Crippen LogP contribution in [0.25, 0.3) is 0 Å². The van der Waals surface area contributed by atoms with Crippen LogP contribution in [0.4, 0.5) is 0 Å². The van der Waals surface area contributed by atoms with Crippen molar-refractivity contribution in [1.82, 2.24) is 10.0 Å². The third-order valence-electron chi connectivity index (χ3n) is 4.76. The van der Waals surface area contributed by atoms with Gasteiger partial charge in [0.05, 0.1) is 11.0 Å². The van der Waals surface area contributed by atoms with Gasteiger partial charge in [0.25, 0.3) is 5.91 Å². The van der Waals surface area contributed by atoms with Crippen molar-refractivity contribution in [2.75, 3.05) is 0 Å². The van der Waals surface area contributed by atoms with Gasteiger partial charge in [-0.3, -0.25) is 9.59 Å². The van der Waals surface area contributed by atoms with Gasteiger partial charge in [0.2, 0.25) is 10.0 Å².